The molecule has 0 saturated carbocycles. The molecule has 4 heteroatoms. The fourth-order valence-electron chi connectivity index (χ4n) is 4.75. The van der Waals surface area contributed by atoms with Gasteiger partial charge in [0.2, 0.25) is 0 Å². The molecular formula is C26H28N3O+. The van der Waals surface area contributed by atoms with Crippen LogP contribution in [0, 0.1) is 0 Å². The number of quaternary nitrogens is 1. The van der Waals surface area contributed by atoms with Crippen molar-refractivity contribution in [3.05, 3.63) is 89.5 Å². The van der Waals surface area contributed by atoms with Crippen LogP contribution in [0.2, 0.25) is 0 Å². The Hall–Kier alpha value is -3.11. The molecule has 0 radical (unpaired) electrons. The van der Waals surface area contributed by atoms with Gasteiger partial charge in [0.05, 0.1) is 39.0 Å². The van der Waals surface area contributed by atoms with E-state index in [0.717, 1.165) is 37.5 Å². The van der Waals surface area contributed by atoms with Gasteiger partial charge in [0.25, 0.3) is 0 Å². The van der Waals surface area contributed by atoms with Crippen LogP contribution < -0.4 is 9.64 Å². The summed E-state index contributed by atoms with van der Waals surface area (Å²) in [7, 11) is 0. The van der Waals surface area contributed by atoms with Crippen molar-refractivity contribution in [2.75, 3.05) is 32.8 Å². The van der Waals surface area contributed by atoms with Gasteiger partial charge in [-0.2, -0.15) is 5.10 Å². The summed E-state index contributed by atoms with van der Waals surface area (Å²) >= 11 is 0. The molecule has 4 nitrogen and oxygen atoms in total. The summed E-state index contributed by atoms with van der Waals surface area (Å²) < 4.78 is 5.51. The van der Waals surface area contributed by atoms with E-state index in [9.17, 15) is 0 Å². The lowest BCUT2D eigenvalue weighted by Gasteiger charge is -2.34. The molecule has 2 aliphatic rings. The molecular weight excluding hydrogens is 370 g/mol. The monoisotopic (exact) mass is 398 g/mol. The number of piperazine rings is 1. The van der Waals surface area contributed by atoms with Crippen molar-refractivity contribution >= 4 is 6.21 Å². The lowest BCUT2D eigenvalue weighted by Crippen LogP contribution is -3.14. The first kappa shape index (κ1) is 18.9. The summed E-state index contributed by atoms with van der Waals surface area (Å²) in [5, 5.41) is 6.93. The zero-order valence-electron chi connectivity index (χ0n) is 17.4. The Labute approximate surface area is 178 Å². The second kappa shape index (κ2) is 8.33. The maximum absolute atomic E-state index is 5.51. The molecule has 152 valence electrons. The van der Waals surface area contributed by atoms with E-state index >= 15 is 0 Å². The zero-order chi connectivity index (χ0) is 20.3. The molecule has 30 heavy (non-hydrogen) atoms. The van der Waals surface area contributed by atoms with E-state index in [-0.39, 0.29) is 0 Å². The van der Waals surface area contributed by atoms with E-state index in [1.165, 1.54) is 22.3 Å². The van der Waals surface area contributed by atoms with Crippen molar-refractivity contribution < 1.29 is 9.64 Å². The number of rotatable bonds is 5. The van der Waals surface area contributed by atoms with E-state index in [1.54, 1.807) is 4.90 Å². The maximum atomic E-state index is 5.51. The van der Waals surface area contributed by atoms with Gasteiger partial charge in [-0.3, -0.25) is 5.01 Å². The number of nitrogens with one attached hydrogen (secondary N) is 1. The van der Waals surface area contributed by atoms with Crippen molar-refractivity contribution in [1.82, 2.24) is 5.01 Å². The van der Waals surface area contributed by atoms with Crippen LogP contribution in [0.15, 0.2) is 77.9 Å². The Kier molecular flexibility index (Phi) is 5.24. The predicted molar refractivity (Wildman–Crippen MR) is 121 cm³/mol. The molecule has 1 aliphatic carbocycles. The molecule has 0 spiro atoms. The van der Waals surface area contributed by atoms with Crippen LogP contribution in [0.1, 0.15) is 29.7 Å². The summed E-state index contributed by atoms with van der Waals surface area (Å²) in [5.41, 5.74) is 6.86. The van der Waals surface area contributed by atoms with E-state index in [2.05, 4.69) is 65.7 Å². The van der Waals surface area contributed by atoms with E-state index < -0.39 is 0 Å². The largest absolute Gasteiger partial charge is 0.494 e. The Morgan fingerprint density at radius 1 is 0.900 bits per heavy atom. The maximum Gasteiger partial charge on any atom is 0.140 e. The minimum Gasteiger partial charge on any atom is -0.494 e. The van der Waals surface area contributed by atoms with Crippen LogP contribution in [0.3, 0.4) is 0 Å². The SMILES string of the molecule is CCOc1ccc(/C=N\N2CC[NH+](C3c4ccccc4-c4ccccc43)CC2)cc1. The third kappa shape index (κ3) is 3.59. The molecule has 1 fully saturated rings. The fraction of sp³-hybridized carbons (Fsp3) is 0.269. The van der Waals surface area contributed by atoms with Gasteiger partial charge in [-0.15, -0.1) is 0 Å². The van der Waals surface area contributed by atoms with E-state index in [0.29, 0.717) is 12.6 Å². The molecule has 0 amide bonds. The molecule has 0 aromatic heterocycles. The first-order chi connectivity index (χ1) is 14.8. The Bertz CT molecular complexity index is 991. The summed E-state index contributed by atoms with van der Waals surface area (Å²) in [6, 6.07) is 26.4. The molecule has 1 N–H and O–H groups in total. The predicted octanol–water partition coefficient (Wildman–Crippen LogP) is 3.39. The molecule has 1 aliphatic heterocycles. The van der Waals surface area contributed by atoms with Gasteiger partial charge in [0, 0.05) is 11.1 Å². The molecule has 0 bridgehead atoms. The molecule has 0 unspecified atom stereocenters. The second-order valence-electron chi connectivity index (χ2n) is 7.97. The smallest absolute Gasteiger partial charge is 0.140 e. The summed E-state index contributed by atoms with van der Waals surface area (Å²) in [6.07, 6.45) is 1.96. The Morgan fingerprint density at radius 3 is 2.10 bits per heavy atom. The number of ether oxygens (including phenoxy) is 1. The minimum atomic E-state index is 0.439. The zero-order valence-corrected chi connectivity index (χ0v) is 17.4. The molecule has 0 atom stereocenters. The van der Waals surface area contributed by atoms with Crippen LogP contribution in [0.4, 0.5) is 0 Å². The van der Waals surface area contributed by atoms with Crippen molar-refractivity contribution in [3.8, 4) is 16.9 Å². The summed E-state index contributed by atoms with van der Waals surface area (Å²) in [5.74, 6) is 0.906. The highest BCUT2D eigenvalue weighted by atomic mass is 16.5. The fourth-order valence-corrected chi connectivity index (χ4v) is 4.75. The van der Waals surface area contributed by atoms with Gasteiger partial charge in [0.15, 0.2) is 0 Å². The van der Waals surface area contributed by atoms with Crippen LogP contribution in [-0.4, -0.2) is 44.0 Å². The van der Waals surface area contributed by atoms with Gasteiger partial charge in [-0.1, -0.05) is 48.5 Å². The van der Waals surface area contributed by atoms with Crippen LogP contribution in [-0.2, 0) is 0 Å². The molecule has 5 rings (SSSR count). The molecule has 3 aromatic carbocycles. The van der Waals surface area contributed by atoms with E-state index in [4.69, 9.17) is 9.84 Å². The third-order valence-corrected chi connectivity index (χ3v) is 6.19. The van der Waals surface area contributed by atoms with Gasteiger partial charge in [-0.05, 0) is 47.9 Å². The highest BCUT2D eigenvalue weighted by Crippen LogP contribution is 2.41. The van der Waals surface area contributed by atoms with Crippen LogP contribution >= 0.6 is 0 Å². The quantitative estimate of drug-likeness (QED) is 0.668. The van der Waals surface area contributed by atoms with Crippen molar-refractivity contribution in [2.45, 2.75) is 13.0 Å². The average molecular weight is 399 g/mol. The van der Waals surface area contributed by atoms with Gasteiger partial charge < -0.3 is 9.64 Å². The third-order valence-electron chi connectivity index (χ3n) is 6.19. The van der Waals surface area contributed by atoms with Crippen LogP contribution in [0.5, 0.6) is 5.75 Å². The van der Waals surface area contributed by atoms with Crippen molar-refractivity contribution in [1.29, 1.82) is 0 Å². The highest BCUT2D eigenvalue weighted by Gasteiger charge is 2.37. The number of nitrogens with zero attached hydrogens (tertiary/aromatic N) is 2. The Balaban J connectivity index is 1.26. The summed E-state index contributed by atoms with van der Waals surface area (Å²) in [6.45, 7) is 6.82. The van der Waals surface area contributed by atoms with Crippen LogP contribution in [0.25, 0.3) is 11.1 Å². The van der Waals surface area contributed by atoms with Crippen molar-refractivity contribution in [2.24, 2.45) is 5.10 Å². The lowest BCUT2D eigenvalue weighted by atomic mass is 10.0. The molecule has 1 saturated heterocycles. The topological polar surface area (TPSA) is 29.3 Å². The van der Waals surface area contributed by atoms with Gasteiger partial charge >= 0.3 is 0 Å². The average Bonchev–Trinajstić information content (AvgIpc) is 3.14. The standard InChI is InChI=1S/C26H27N3O/c1-2-30-21-13-11-20(12-14-21)19-27-29-17-15-28(16-18-29)26-24-9-5-3-7-22(24)23-8-4-6-10-25(23)26/h3-14,19,26H,2,15-18H2,1H3/p+1/b27-19-. The Morgan fingerprint density at radius 2 is 1.50 bits per heavy atom. The number of fused-ring (bicyclic) bond motifs is 3. The molecule has 3 aromatic rings. The highest BCUT2D eigenvalue weighted by molar-refractivity contribution is 5.79. The lowest BCUT2D eigenvalue weighted by molar-refractivity contribution is -0.929. The number of hydrogen-bond acceptors (Lipinski definition) is 3. The van der Waals surface area contributed by atoms with Gasteiger partial charge in [-0.25, -0.2) is 0 Å². The van der Waals surface area contributed by atoms with Crippen molar-refractivity contribution in [3.63, 3.8) is 0 Å². The number of benzene rings is 3. The minimum absolute atomic E-state index is 0.439. The van der Waals surface area contributed by atoms with E-state index in [1.807, 2.05) is 25.3 Å². The number of hydrogen-bond donors (Lipinski definition) is 1. The number of hydrazone groups is 1. The summed E-state index contributed by atoms with van der Waals surface area (Å²) in [4.78, 5) is 1.64. The van der Waals surface area contributed by atoms with Gasteiger partial charge in [0.1, 0.15) is 11.8 Å². The normalized spacial score (nSPS) is 16.6. The first-order valence-electron chi connectivity index (χ1n) is 10.9. The molecule has 1 heterocycles. The first-order valence-corrected chi connectivity index (χ1v) is 10.9. The second-order valence-corrected chi connectivity index (χ2v) is 7.97.